The Morgan fingerprint density at radius 2 is 1.78 bits per heavy atom. The first-order chi connectivity index (χ1) is 10.9. The lowest BCUT2D eigenvalue weighted by Gasteiger charge is -2.36. The van der Waals surface area contributed by atoms with Crippen molar-refractivity contribution in [2.45, 2.75) is 17.7 Å². The van der Waals surface area contributed by atoms with Crippen LogP contribution in [0.4, 0.5) is 5.69 Å². The maximum atomic E-state index is 12.1. The fourth-order valence-electron chi connectivity index (χ4n) is 3.04. The second kappa shape index (κ2) is 6.50. The van der Waals surface area contributed by atoms with E-state index in [1.165, 1.54) is 5.69 Å². The van der Waals surface area contributed by atoms with Gasteiger partial charge in [-0.3, -0.25) is 9.69 Å². The van der Waals surface area contributed by atoms with Gasteiger partial charge in [-0.1, -0.05) is 18.2 Å². The average Bonchev–Trinajstić information content (AvgIpc) is 3.08. The van der Waals surface area contributed by atoms with Crippen LogP contribution in [0.1, 0.15) is 13.3 Å². The number of benzene rings is 1. The molecule has 1 aromatic carbocycles. The molecule has 0 aromatic heterocycles. The van der Waals surface area contributed by atoms with Crippen molar-refractivity contribution < 1.29 is 4.79 Å². The summed E-state index contributed by atoms with van der Waals surface area (Å²) in [5.41, 5.74) is 0.657. The van der Waals surface area contributed by atoms with E-state index in [0.717, 1.165) is 32.7 Å². The maximum absolute atomic E-state index is 12.1. The largest absolute Gasteiger partial charge is 0.369 e. The van der Waals surface area contributed by atoms with Crippen LogP contribution in [-0.4, -0.2) is 54.4 Å². The Labute approximate surface area is 147 Å². The van der Waals surface area contributed by atoms with Crippen molar-refractivity contribution in [3.05, 3.63) is 30.3 Å². The zero-order valence-electron chi connectivity index (χ0n) is 13.4. The fourth-order valence-corrected chi connectivity index (χ4v) is 3.74. The van der Waals surface area contributed by atoms with Gasteiger partial charge in [0.25, 0.3) is 0 Å². The van der Waals surface area contributed by atoms with Gasteiger partial charge < -0.3 is 10.2 Å². The number of alkyl halides is 2. The molecule has 2 fully saturated rings. The second-order valence-corrected chi connectivity index (χ2v) is 8.12. The first kappa shape index (κ1) is 16.9. The molecule has 1 atom stereocenters. The SMILES string of the molecule is CC1(C(=O)NCCN2CCN(c3ccccc3)CC2)CC1(Cl)Cl. The molecule has 1 unspecified atom stereocenters. The molecule has 1 aliphatic carbocycles. The minimum absolute atomic E-state index is 0.0366. The minimum Gasteiger partial charge on any atom is -0.369 e. The number of amides is 1. The zero-order chi connectivity index (χ0) is 16.5. The van der Waals surface area contributed by atoms with Crippen molar-refractivity contribution in [1.82, 2.24) is 10.2 Å². The molecule has 1 saturated carbocycles. The number of anilines is 1. The van der Waals surface area contributed by atoms with Crippen LogP contribution in [0.5, 0.6) is 0 Å². The Balaban J connectivity index is 1.38. The zero-order valence-corrected chi connectivity index (χ0v) is 14.9. The lowest BCUT2D eigenvalue weighted by Crippen LogP contribution is -2.49. The first-order valence-corrected chi connectivity index (χ1v) is 8.86. The van der Waals surface area contributed by atoms with Crippen molar-refractivity contribution >= 4 is 34.8 Å². The molecule has 1 aliphatic heterocycles. The van der Waals surface area contributed by atoms with E-state index >= 15 is 0 Å². The smallest absolute Gasteiger partial charge is 0.229 e. The molecule has 0 radical (unpaired) electrons. The second-order valence-electron chi connectivity index (χ2n) is 6.63. The number of hydrogen-bond acceptors (Lipinski definition) is 3. The standard InChI is InChI=1S/C17H23Cl2N3O/c1-16(13-17(16,18)19)15(23)20-7-8-21-9-11-22(12-10-21)14-5-3-2-4-6-14/h2-6H,7-13H2,1H3,(H,20,23). The van der Waals surface area contributed by atoms with Gasteiger partial charge in [-0.2, -0.15) is 0 Å². The van der Waals surface area contributed by atoms with Crippen molar-refractivity contribution in [3.63, 3.8) is 0 Å². The van der Waals surface area contributed by atoms with E-state index in [-0.39, 0.29) is 5.91 Å². The highest BCUT2D eigenvalue weighted by Gasteiger charge is 2.67. The third-order valence-electron chi connectivity index (χ3n) is 4.97. The topological polar surface area (TPSA) is 35.6 Å². The molecule has 6 heteroatoms. The van der Waals surface area contributed by atoms with Crippen LogP contribution in [0, 0.1) is 5.41 Å². The van der Waals surface area contributed by atoms with E-state index in [9.17, 15) is 4.79 Å². The predicted octanol–water partition coefficient (Wildman–Crippen LogP) is 2.51. The van der Waals surface area contributed by atoms with Crippen LogP contribution >= 0.6 is 23.2 Å². The molecule has 2 aliphatic rings. The molecule has 3 rings (SSSR count). The number of hydrogen-bond donors (Lipinski definition) is 1. The number of carbonyl (C=O) groups excluding carboxylic acids is 1. The van der Waals surface area contributed by atoms with Crippen molar-refractivity contribution in [1.29, 1.82) is 0 Å². The fraction of sp³-hybridized carbons (Fsp3) is 0.588. The average molecular weight is 356 g/mol. The lowest BCUT2D eigenvalue weighted by atomic mass is 10.1. The maximum Gasteiger partial charge on any atom is 0.229 e. The van der Waals surface area contributed by atoms with Crippen LogP contribution in [0.25, 0.3) is 0 Å². The van der Waals surface area contributed by atoms with Crippen LogP contribution in [0.2, 0.25) is 0 Å². The monoisotopic (exact) mass is 355 g/mol. The molecule has 1 heterocycles. The molecule has 0 bridgehead atoms. The summed E-state index contributed by atoms with van der Waals surface area (Å²) in [5, 5.41) is 2.97. The summed E-state index contributed by atoms with van der Waals surface area (Å²) in [6.45, 7) is 7.38. The normalized spacial score (nSPS) is 26.8. The lowest BCUT2D eigenvalue weighted by molar-refractivity contribution is -0.125. The molecular formula is C17H23Cl2N3O. The Morgan fingerprint density at radius 1 is 1.17 bits per heavy atom. The number of halogens is 2. The quantitative estimate of drug-likeness (QED) is 0.824. The van der Waals surface area contributed by atoms with Crippen molar-refractivity contribution in [3.8, 4) is 0 Å². The summed E-state index contributed by atoms with van der Waals surface area (Å²) in [7, 11) is 0. The number of nitrogens with zero attached hydrogens (tertiary/aromatic N) is 2. The molecule has 23 heavy (non-hydrogen) atoms. The third-order valence-corrected chi connectivity index (χ3v) is 6.07. The molecular weight excluding hydrogens is 333 g/mol. The van der Waals surface area contributed by atoms with Crippen LogP contribution in [0.15, 0.2) is 30.3 Å². The summed E-state index contributed by atoms with van der Waals surface area (Å²) < 4.78 is -0.890. The molecule has 1 N–H and O–H groups in total. The highest BCUT2D eigenvalue weighted by Crippen LogP contribution is 2.63. The predicted molar refractivity (Wildman–Crippen MR) is 95.3 cm³/mol. The van der Waals surface area contributed by atoms with E-state index in [1.54, 1.807) is 0 Å². The number of rotatable bonds is 5. The Hall–Kier alpha value is -0.970. The van der Waals surface area contributed by atoms with Gasteiger partial charge in [0.05, 0.1) is 5.41 Å². The number of piperazine rings is 1. The van der Waals surface area contributed by atoms with Gasteiger partial charge in [0.1, 0.15) is 4.33 Å². The highest BCUT2D eigenvalue weighted by atomic mass is 35.5. The molecule has 0 spiro atoms. The van der Waals surface area contributed by atoms with Gasteiger partial charge in [0.15, 0.2) is 0 Å². The third kappa shape index (κ3) is 3.59. The van der Waals surface area contributed by atoms with Crippen LogP contribution in [-0.2, 0) is 4.79 Å². The number of nitrogens with one attached hydrogen (secondary N) is 1. The molecule has 4 nitrogen and oxygen atoms in total. The minimum atomic E-state index is -0.890. The summed E-state index contributed by atoms with van der Waals surface area (Å²) in [6.07, 6.45) is 0.532. The summed E-state index contributed by atoms with van der Waals surface area (Å²) in [4.78, 5) is 16.9. The van der Waals surface area contributed by atoms with E-state index in [1.807, 2.05) is 13.0 Å². The molecule has 1 amide bonds. The Kier molecular flexibility index (Phi) is 4.77. The number of para-hydroxylation sites is 1. The van der Waals surface area contributed by atoms with E-state index in [4.69, 9.17) is 23.2 Å². The van der Waals surface area contributed by atoms with Gasteiger partial charge in [-0.05, 0) is 25.5 Å². The number of carbonyl (C=O) groups is 1. The van der Waals surface area contributed by atoms with Crippen molar-refractivity contribution in [2.24, 2.45) is 5.41 Å². The van der Waals surface area contributed by atoms with E-state index in [2.05, 4.69) is 39.4 Å². The van der Waals surface area contributed by atoms with Crippen LogP contribution < -0.4 is 10.2 Å². The molecule has 126 valence electrons. The first-order valence-electron chi connectivity index (χ1n) is 8.11. The van der Waals surface area contributed by atoms with Gasteiger partial charge in [-0.25, -0.2) is 0 Å². The summed E-state index contributed by atoms with van der Waals surface area (Å²) >= 11 is 12.1. The van der Waals surface area contributed by atoms with Crippen LogP contribution in [0.3, 0.4) is 0 Å². The highest BCUT2D eigenvalue weighted by molar-refractivity contribution is 6.53. The van der Waals surface area contributed by atoms with E-state index in [0.29, 0.717) is 13.0 Å². The van der Waals surface area contributed by atoms with E-state index < -0.39 is 9.75 Å². The van der Waals surface area contributed by atoms with Gasteiger partial charge in [0, 0.05) is 45.0 Å². The molecule has 1 aromatic rings. The summed E-state index contributed by atoms with van der Waals surface area (Å²) in [5.74, 6) is -0.0366. The van der Waals surface area contributed by atoms with Gasteiger partial charge in [0.2, 0.25) is 5.91 Å². The Bertz CT molecular complexity index is 558. The van der Waals surface area contributed by atoms with Gasteiger partial charge >= 0.3 is 0 Å². The van der Waals surface area contributed by atoms with Gasteiger partial charge in [-0.15, -0.1) is 23.2 Å². The van der Waals surface area contributed by atoms with Crippen molar-refractivity contribution in [2.75, 3.05) is 44.2 Å². The molecule has 1 saturated heterocycles. The Morgan fingerprint density at radius 3 is 2.35 bits per heavy atom. The summed E-state index contributed by atoms with van der Waals surface area (Å²) in [6, 6.07) is 10.5.